The predicted octanol–water partition coefficient (Wildman–Crippen LogP) is 28.2. The van der Waals surface area contributed by atoms with Gasteiger partial charge in [0.15, 0.2) is 0 Å². The summed E-state index contributed by atoms with van der Waals surface area (Å²) >= 11 is 0. The molecule has 0 radical (unpaired) electrons. The first kappa shape index (κ1) is 89.6. The van der Waals surface area contributed by atoms with Gasteiger partial charge in [0.2, 0.25) is 5.91 Å². The van der Waals surface area contributed by atoms with Crippen molar-refractivity contribution >= 4 is 11.9 Å². The van der Waals surface area contributed by atoms with Crippen LogP contribution in [0.15, 0.2) is 12.2 Å². The van der Waals surface area contributed by atoms with Crippen LogP contribution in [0, 0.1) is 0 Å². The van der Waals surface area contributed by atoms with E-state index in [1.54, 1.807) is 0 Å². The third-order valence-corrected chi connectivity index (χ3v) is 20.3. The predicted molar refractivity (Wildman–Crippen MR) is 403 cm³/mol. The van der Waals surface area contributed by atoms with Gasteiger partial charge in [-0.05, 0) is 51.4 Å². The summed E-state index contributed by atoms with van der Waals surface area (Å²) in [6.45, 7) is 5.02. The summed E-state index contributed by atoms with van der Waals surface area (Å²) in [5.74, 6) is -0.00166. The molecular formula is C85H167NO5. The minimum absolute atomic E-state index is 0.0224. The quantitative estimate of drug-likeness (QED) is 0.0320. The smallest absolute Gasteiger partial charge is 0.305 e. The molecule has 2 atom stereocenters. The Bertz CT molecular complexity index is 1380. The Kier molecular flexibility index (Phi) is 79.8. The summed E-state index contributed by atoms with van der Waals surface area (Å²) in [6.07, 6.45) is 103. The van der Waals surface area contributed by atoms with E-state index in [-0.39, 0.29) is 18.5 Å². The van der Waals surface area contributed by atoms with Crippen LogP contribution in [0.5, 0.6) is 0 Å². The van der Waals surface area contributed by atoms with Crippen molar-refractivity contribution in [2.75, 3.05) is 13.2 Å². The minimum Gasteiger partial charge on any atom is -0.466 e. The molecule has 0 aromatic heterocycles. The third-order valence-electron chi connectivity index (χ3n) is 20.3. The molecule has 0 aromatic carbocycles. The number of allylic oxidation sites excluding steroid dienone is 2. The maximum Gasteiger partial charge on any atom is 0.305 e. The second kappa shape index (κ2) is 81.0. The van der Waals surface area contributed by atoms with Crippen LogP contribution in [0.3, 0.4) is 0 Å². The highest BCUT2D eigenvalue weighted by Crippen LogP contribution is 2.21. The van der Waals surface area contributed by atoms with Crippen LogP contribution in [-0.4, -0.2) is 47.4 Å². The van der Waals surface area contributed by atoms with Crippen LogP contribution in [0.1, 0.15) is 495 Å². The lowest BCUT2D eigenvalue weighted by molar-refractivity contribution is -0.143. The number of ether oxygens (including phenoxy) is 1. The normalized spacial score (nSPS) is 12.4. The van der Waals surface area contributed by atoms with E-state index >= 15 is 0 Å². The van der Waals surface area contributed by atoms with Crippen molar-refractivity contribution in [3.63, 3.8) is 0 Å². The van der Waals surface area contributed by atoms with Crippen LogP contribution in [0.4, 0.5) is 0 Å². The molecule has 0 fully saturated rings. The maximum absolute atomic E-state index is 12.6. The summed E-state index contributed by atoms with van der Waals surface area (Å²) in [5, 5.41) is 23.5. The molecule has 0 spiro atoms. The minimum atomic E-state index is -0.662. The standard InChI is InChI=1S/C85H167NO5/c1-3-5-7-9-11-13-15-17-19-21-23-24-35-38-42-45-49-53-57-61-65-69-73-77-83(88)82(81-87)86-84(89)78-74-70-66-62-58-54-50-46-43-39-36-33-31-29-27-25-26-28-30-32-34-37-40-44-48-52-56-60-64-68-72-76-80-91-85(90)79-75-71-67-63-59-55-51-47-41-22-20-18-16-14-12-10-8-6-4-2/h18,20,82-83,87-88H,3-17,19,21-81H2,1-2H3,(H,86,89)/b20-18-. The van der Waals surface area contributed by atoms with Crippen LogP contribution >= 0.6 is 0 Å². The fourth-order valence-electron chi connectivity index (χ4n) is 13.9. The number of esters is 1. The molecule has 0 rings (SSSR count). The summed E-state index contributed by atoms with van der Waals surface area (Å²) < 4.78 is 5.52. The second-order valence-electron chi connectivity index (χ2n) is 29.5. The lowest BCUT2D eigenvalue weighted by Crippen LogP contribution is -2.45. The first-order chi connectivity index (χ1) is 45.0. The van der Waals surface area contributed by atoms with E-state index in [1.807, 2.05) is 0 Å². The van der Waals surface area contributed by atoms with E-state index in [1.165, 1.54) is 424 Å². The van der Waals surface area contributed by atoms with Gasteiger partial charge in [0.1, 0.15) is 0 Å². The van der Waals surface area contributed by atoms with Gasteiger partial charge in [-0.3, -0.25) is 9.59 Å². The van der Waals surface area contributed by atoms with Crippen LogP contribution in [0.25, 0.3) is 0 Å². The highest BCUT2D eigenvalue weighted by atomic mass is 16.5. The van der Waals surface area contributed by atoms with E-state index < -0.39 is 12.1 Å². The zero-order chi connectivity index (χ0) is 65.6. The number of carbonyl (C=O) groups excluding carboxylic acids is 2. The Labute approximate surface area is 571 Å². The van der Waals surface area contributed by atoms with Crippen molar-refractivity contribution in [3.8, 4) is 0 Å². The lowest BCUT2D eigenvalue weighted by Gasteiger charge is -2.22. The third kappa shape index (κ3) is 77.5. The van der Waals surface area contributed by atoms with Crippen molar-refractivity contribution in [3.05, 3.63) is 12.2 Å². The number of amides is 1. The molecule has 0 aliphatic carbocycles. The summed E-state index contributed by atoms with van der Waals surface area (Å²) in [7, 11) is 0. The van der Waals surface area contributed by atoms with Gasteiger partial charge in [-0.15, -0.1) is 0 Å². The average Bonchev–Trinajstić information content (AvgIpc) is 3.66. The molecule has 0 heterocycles. The number of aliphatic hydroxyl groups is 2. The molecule has 6 heteroatoms. The van der Waals surface area contributed by atoms with E-state index in [9.17, 15) is 19.8 Å². The Morgan fingerprint density at radius 3 is 0.780 bits per heavy atom. The molecule has 0 saturated carbocycles. The fraction of sp³-hybridized carbons (Fsp3) is 0.953. The zero-order valence-corrected chi connectivity index (χ0v) is 62.4. The van der Waals surface area contributed by atoms with Crippen molar-refractivity contribution < 1.29 is 24.5 Å². The van der Waals surface area contributed by atoms with Gasteiger partial charge in [-0.25, -0.2) is 0 Å². The molecule has 0 saturated heterocycles. The van der Waals surface area contributed by atoms with Gasteiger partial charge < -0.3 is 20.3 Å². The first-order valence-electron chi connectivity index (χ1n) is 42.4. The Morgan fingerprint density at radius 1 is 0.297 bits per heavy atom. The van der Waals surface area contributed by atoms with Crippen molar-refractivity contribution in [1.29, 1.82) is 0 Å². The highest BCUT2D eigenvalue weighted by molar-refractivity contribution is 5.76. The number of carbonyl (C=O) groups is 2. The molecule has 542 valence electrons. The Hall–Kier alpha value is -1.40. The second-order valence-corrected chi connectivity index (χ2v) is 29.5. The number of unbranched alkanes of at least 4 members (excludes halogenated alkanes) is 68. The van der Waals surface area contributed by atoms with Gasteiger partial charge in [-0.2, -0.15) is 0 Å². The fourth-order valence-corrected chi connectivity index (χ4v) is 13.9. The Morgan fingerprint density at radius 2 is 0.516 bits per heavy atom. The number of nitrogens with one attached hydrogen (secondary N) is 1. The molecule has 0 bridgehead atoms. The molecular weight excluding hydrogens is 1110 g/mol. The molecule has 91 heavy (non-hydrogen) atoms. The van der Waals surface area contributed by atoms with Crippen LogP contribution in [0.2, 0.25) is 0 Å². The maximum atomic E-state index is 12.6. The van der Waals surface area contributed by atoms with Crippen LogP contribution < -0.4 is 5.32 Å². The number of aliphatic hydroxyl groups excluding tert-OH is 2. The molecule has 0 aliphatic heterocycles. The van der Waals surface area contributed by atoms with Crippen molar-refractivity contribution in [2.45, 2.75) is 508 Å². The van der Waals surface area contributed by atoms with E-state index in [2.05, 4.69) is 31.3 Å². The number of rotatable bonds is 81. The monoisotopic (exact) mass is 1280 g/mol. The zero-order valence-electron chi connectivity index (χ0n) is 62.4. The molecule has 2 unspecified atom stereocenters. The van der Waals surface area contributed by atoms with Gasteiger partial charge in [0.05, 0.1) is 25.4 Å². The average molecular weight is 1280 g/mol. The largest absolute Gasteiger partial charge is 0.466 e. The SMILES string of the molecule is CCCCCCCC/C=C\CCCCCCCCCCCC(=O)OCCCCCCCCCCCCCCCCCCCCCCCCCCCCCCCCCCC(=O)NC(CO)C(O)CCCCCCCCCCCCCCCCCCCCCCCCC. The summed E-state index contributed by atoms with van der Waals surface area (Å²) in [5.41, 5.74) is 0. The highest BCUT2D eigenvalue weighted by Gasteiger charge is 2.20. The van der Waals surface area contributed by atoms with Gasteiger partial charge >= 0.3 is 5.97 Å². The molecule has 0 aromatic rings. The van der Waals surface area contributed by atoms with Gasteiger partial charge in [0, 0.05) is 12.8 Å². The topological polar surface area (TPSA) is 95.9 Å². The van der Waals surface area contributed by atoms with Crippen molar-refractivity contribution in [1.82, 2.24) is 5.32 Å². The Balaban J connectivity index is 3.31. The first-order valence-corrected chi connectivity index (χ1v) is 42.4. The van der Waals surface area contributed by atoms with Crippen molar-refractivity contribution in [2.24, 2.45) is 0 Å². The molecule has 1 amide bonds. The van der Waals surface area contributed by atoms with E-state index in [0.29, 0.717) is 25.9 Å². The summed E-state index contributed by atoms with van der Waals surface area (Å²) in [6, 6.07) is -0.539. The van der Waals surface area contributed by atoms with E-state index in [0.717, 1.165) is 38.5 Å². The number of hydrogen-bond donors (Lipinski definition) is 3. The molecule has 6 nitrogen and oxygen atoms in total. The number of hydrogen-bond acceptors (Lipinski definition) is 5. The van der Waals surface area contributed by atoms with Gasteiger partial charge in [-0.1, -0.05) is 443 Å². The molecule has 3 N–H and O–H groups in total. The van der Waals surface area contributed by atoms with E-state index in [4.69, 9.17) is 4.74 Å². The van der Waals surface area contributed by atoms with Gasteiger partial charge in [0.25, 0.3) is 0 Å². The molecule has 0 aliphatic rings. The lowest BCUT2D eigenvalue weighted by atomic mass is 10.0. The summed E-state index contributed by atoms with van der Waals surface area (Å²) in [4.78, 5) is 24.7. The van der Waals surface area contributed by atoms with Crippen LogP contribution in [-0.2, 0) is 14.3 Å².